The molecule has 1 atom stereocenters. The van der Waals surface area contributed by atoms with E-state index in [-0.39, 0.29) is 12.5 Å². The van der Waals surface area contributed by atoms with Gasteiger partial charge in [-0.3, -0.25) is 4.99 Å². The maximum Gasteiger partial charge on any atom is 0.193 e. The van der Waals surface area contributed by atoms with E-state index in [0.29, 0.717) is 24.7 Å². The number of ether oxygens (including phenoxy) is 1. The molecule has 0 fully saturated rings. The Labute approximate surface area is 137 Å². The number of rotatable bonds is 8. The molecular formula is C16H26ClN3O2. The molecule has 1 aromatic carbocycles. The van der Waals surface area contributed by atoms with Crippen LogP contribution in [0.4, 0.5) is 0 Å². The van der Waals surface area contributed by atoms with Crippen LogP contribution in [0.3, 0.4) is 0 Å². The summed E-state index contributed by atoms with van der Waals surface area (Å²) in [5, 5.41) is 13.0. The Morgan fingerprint density at radius 3 is 2.68 bits per heavy atom. The maximum absolute atomic E-state index is 9.07. The van der Waals surface area contributed by atoms with Crippen LogP contribution >= 0.6 is 11.6 Å². The fourth-order valence-corrected chi connectivity index (χ4v) is 1.83. The molecule has 124 valence electrons. The van der Waals surface area contributed by atoms with Gasteiger partial charge in [-0.25, -0.2) is 0 Å². The molecule has 2 N–H and O–H groups in total. The van der Waals surface area contributed by atoms with Crippen LogP contribution in [-0.4, -0.2) is 55.9 Å². The van der Waals surface area contributed by atoms with Crippen molar-refractivity contribution in [3.05, 3.63) is 29.3 Å². The number of halogens is 1. The molecule has 1 rings (SSSR count). The molecule has 6 heteroatoms. The summed E-state index contributed by atoms with van der Waals surface area (Å²) in [4.78, 5) is 6.54. The predicted octanol–water partition coefficient (Wildman–Crippen LogP) is 2.24. The Morgan fingerprint density at radius 2 is 2.09 bits per heavy atom. The zero-order chi connectivity index (χ0) is 16.4. The molecule has 22 heavy (non-hydrogen) atoms. The number of nitrogens with zero attached hydrogens (tertiary/aromatic N) is 2. The minimum atomic E-state index is 0.145. The van der Waals surface area contributed by atoms with Gasteiger partial charge in [-0.05, 0) is 37.1 Å². The minimum Gasteiger partial charge on any atom is -0.492 e. The highest BCUT2D eigenvalue weighted by molar-refractivity contribution is 6.30. The van der Waals surface area contributed by atoms with Gasteiger partial charge < -0.3 is 20.1 Å². The van der Waals surface area contributed by atoms with Crippen LogP contribution in [-0.2, 0) is 0 Å². The van der Waals surface area contributed by atoms with Gasteiger partial charge >= 0.3 is 0 Å². The summed E-state index contributed by atoms with van der Waals surface area (Å²) in [5.74, 6) is 1.78. The fraction of sp³-hybridized carbons (Fsp3) is 0.562. The largest absolute Gasteiger partial charge is 0.492 e. The van der Waals surface area contributed by atoms with Gasteiger partial charge in [-0.1, -0.05) is 18.5 Å². The SMILES string of the molecule is CCNC(=NCC(C)CO)N(C)CCOc1ccc(Cl)cc1. The first-order valence-electron chi connectivity index (χ1n) is 7.55. The Kier molecular flexibility index (Phi) is 8.70. The molecule has 0 radical (unpaired) electrons. The lowest BCUT2D eigenvalue weighted by atomic mass is 10.2. The normalized spacial score (nSPS) is 12.9. The van der Waals surface area contributed by atoms with Crippen LogP contribution in [0.1, 0.15) is 13.8 Å². The van der Waals surface area contributed by atoms with Crippen molar-refractivity contribution in [1.82, 2.24) is 10.2 Å². The molecule has 0 saturated heterocycles. The van der Waals surface area contributed by atoms with Gasteiger partial charge in [0, 0.05) is 31.8 Å². The highest BCUT2D eigenvalue weighted by atomic mass is 35.5. The zero-order valence-corrected chi connectivity index (χ0v) is 14.3. The predicted molar refractivity (Wildman–Crippen MR) is 91.8 cm³/mol. The average Bonchev–Trinajstić information content (AvgIpc) is 2.52. The molecule has 0 aliphatic carbocycles. The number of benzene rings is 1. The highest BCUT2D eigenvalue weighted by Gasteiger charge is 2.07. The van der Waals surface area contributed by atoms with Crippen LogP contribution in [0, 0.1) is 5.92 Å². The molecule has 1 aromatic rings. The number of nitrogens with one attached hydrogen (secondary N) is 1. The van der Waals surface area contributed by atoms with E-state index in [1.54, 1.807) is 0 Å². The molecule has 0 bridgehead atoms. The number of hydrogen-bond donors (Lipinski definition) is 2. The molecule has 0 aliphatic heterocycles. The fourth-order valence-electron chi connectivity index (χ4n) is 1.71. The summed E-state index contributed by atoms with van der Waals surface area (Å²) in [6.45, 7) is 6.81. The molecule has 1 unspecified atom stereocenters. The lowest BCUT2D eigenvalue weighted by Gasteiger charge is -2.22. The first kappa shape index (κ1) is 18.6. The Bertz CT molecular complexity index is 451. The molecular weight excluding hydrogens is 302 g/mol. The minimum absolute atomic E-state index is 0.145. The molecule has 0 aliphatic rings. The molecule has 5 nitrogen and oxygen atoms in total. The standard InChI is InChI=1S/C16H26ClN3O2/c1-4-18-16(19-11-13(2)12-21)20(3)9-10-22-15-7-5-14(17)6-8-15/h5-8,13,21H,4,9-12H2,1-3H3,(H,18,19). The molecule has 0 heterocycles. The maximum atomic E-state index is 9.07. The Morgan fingerprint density at radius 1 is 1.41 bits per heavy atom. The van der Waals surface area contributed by atoms with Crippen molar-refractivity contribution in [2.45, 2.75) is 13.8 Å². The van der Waals surface area contributed by atoms with Gasteiger partial charge in [0.25, 0.3) is 0 Å². The number of aliphatic hydroxyl groups is 1. The summed E-state index contributed by atoms with van der Waals surface area (Å²) in [7, 11) is 1.97. The van der Waals surface area contributed by atoms with E-state index in [9.17, 15) is 0 Å². The smallest absolute Gasteiger partial charge is 0.193 e. The summed E-state index contributed by atoms with van der Waals surface area (Å²) in [6, 6.07) is 7.32. The quantitative estimate of drug-likeness (QED) is 0.568. The molecule has 0 aromatic heterocycles. The molecule has 0 spiro atoms. The Hall–Kier alpha value is -1.46. The molecule has 0 amide bonds. The van der Waals surface area contributed by atoms with Crippen LogP contribution in [0.5, 0.6) is 5.75 Å². The first-order chi connectivity index (χ1) is 10.6. The average molecular weight is 328 g/mol. The van der Waals surface area contributed by atoms with Gasteiger partial charge in [-0.2, -0.15) is 0 Å². The summed E-state index contributed by atoms with van der Waals surface area (Å²) >= 11 is 5.84. The van der Waals surface area contributed by atoms with Gasteiger partial charge in [-0.15, -0.1) is 0 Å². The monoisotopic (exact) mass is 327 g/mol. The second-order valence-electron chi connectivity index (χ2n) is 5.21. The van der Waals surface area contributed by atoms with Crippen molar-refractivity contribution in [3.8, 4) is 5.75 Å². The summed E-state index contributed by atoms with van der Waals surface area (Å²) in [6.07, 6.45) is 0. The van der Waals surface area contributed by atoms with Crippen molar-refractivity contribution in [1.29, 1.82) is 0 Å². The highest BCUT2D eigenvalue weighted by Crippen LogP contribution is 2.15. The van der Waals surface area contributed by atoms with Gasteiger partial charge in [0.05, 0.1) is 6.54 Å². The summed E-state index contributed by atoms with van der Waals surface area (Å²) < 4.78 is 5.68. The number of guanidine groups is 1. The van der Waals surface area contributed by atoms with Crippen molar-refractivity contribution >= 4 is 17.6 Å². The molecule has 0 saturated carbocycles. The van der Waals surface area contributed by atoms with Crippen molar-refractivity contribution in [2.24, 2.45) is 10.9 Å². The van der Waals surface area contributed by atoms with E-state index in [4.69, 9.17) is 21.4 Å². The van der Waals surface area contributed by atoms with Crippen LogP contribution in [0.25, 0.3) is 0 Å². The zero-order valence-electron chi connectivity index (χ0n) is 13.6. The summed E-state index contributed by atoms with van der Waals surface area (Å²) in [5.41, 5.74) is 0. The van der Waals surface area contributed by atoms with Gasteiger partial charge in [0.1, 0.15) is 12.4 Å². The van der Waals surface area contributed by atoms with E-state index < -0.39 is 0 Å². The third kappa shape index (κ3) is 7.00. The number of aliphatic hydroxyl groups excluding tert-OH is 1. The van der Waals surface area contributed by atoms with E-state index >= 15 is 0 Å². The second-order valence-corrected chi connectivity index (χ2v) is 5.64. The Balaban J connectivity index is 2.45. The third-order valence-electron chi connectivity index (χ3n) is 3.07. The number of likely N-dealkylation sites (N-methyl/N-ethyl adjacent to an activating group) is 1. The van der Waals surface area contributed by atoms with E-state index in [1.165, 1.54) is 0 Å². The van der Waals surface area contributed by atoms with Crippen molar-refractivity contribution in [3.63, 3.8) is 0 Å². The van der Waals surface area contributed by atoms with Crippen LogP contribution < -0.4 is 10.1 Å². The topological polar surface area (TPSA) is 57.1 Å². The first-order valence-corrected chi connectivity index (χ1v) is 7.93. The lowest BCUT2D eigenvalue weighted by molar-refractivity contribution is 0.241. The van der Waals surface area contributed by atoms with E-state index in [2.05, 4.69) is 10.3 Å². The van der Waals surface area contributed by atoms with Crippen molar-refractivity contribution in [2.75, 3.05) is 39.9 Å². The van der Waals surface area contributed by atoms with Crippen LogP contribution in [0.15, 0.2) is 29.3 Å². The number of hydrogen-bond acceptors (Lipinski definition) is 3. The lowest BCUT2D eigenvalue weighted by Crippen LogP contribution is -2.41. The number of aliphatic imine (C=N–C) groups is 1. The second kappa shape index (κ2) is 10.3. The van der Waals surface area contributed by atoms with Crippen LogP contribution in [0.2, 0.25) is 5.02 Å². The van der Waals surface area contributed by atoms with E-state index in [1.807, 2.05) is 50.1 Å². The van der Waals surface area contributed by atoms with Gasteiger partial charge in [0.15, 0.2) is 5.96 Å². The van der Waals surface area contributed by atoms with Gasteiger partial charge in [0.2, 0.25) is 0 Å². The van der Waals surface area contributed by atoms with Crippen molar-refractivity contribution < 1.29 is 9.84 Å². The van der Waals surface area contributed by atoms with E-state index in [0.717, 1.165) is 18.3 Å². The third-order valence-corrected chi connectivity index (χ3v) is 3.32.